The maximum Gasteiger partial charge on any atom is 0.238 e. The van der Waals surface area contributed by atoms with Gasteiger partial charge in [-0.1, -0.05) is 32.4 Å². The Bertz CT molecular complexity index is 534. The number of rotatable bonds is 10. The normalized spacial score (nSPS) is 11.9. The lowest BCUT2D eigenvalue weighted by atomic mass is 10.2. The van der Waals surface area contributed by atoms with Crippen molar-refractivity contribution in [2.75, 3.05) is 32.1 Å². The molecular formula is C18H29N3O3. The summed E-state index contributed by atoms with van der Waals surface area (Å²) in [6.45, 7) is 7.00. The van der Waals surface area contributed by atoms with E-state index in [9.17, 15) is 9.59 Å². The highest BCUT2D eigenvalue weighted by atomic mass is 16.5. The Balaban J connectivity index is 2.52. The van der Waals surface area contributed by atoms with Crippen molar-refractivity contribution in [2.24, 2.45) is 0 Å². The first-order valence-corrected chi connectivity index (χ1v) is 8.44. The van der Waals surface area contributed by atoms with E-state index < -0.39 is 0 Å². The minimum Gasteiger partial charge on any atom is -0.495 e. The quantitative estimate of drug-likeness (QED) is 0.688. The van der Waals surface area contributed by atoms with Crippen LogP contribution in [0.3, 0.4) is 0 Å². The van der Waals surface area contributed by atoms with E-state index in [0.29, 0.717) is 18.0 Å². The van der Waals surface area contributed by atoms with Crippen LogP contribution in [0.1, 0.15) is 33.6 Å². The van der Waals surface area contributed by atoms with Gasteiger partial charge in [0.05, 0.1) is 25.9 Å². The number of carbonyl (C=O) groups excluding carboxylic acids is 2. The maximum atomic E-state index is 12.2. The number of methoxy groups -OCH3 is 1. The van der Waals surface area contributed by atoms with Crippen LogP contribution in [0.25, 0.3) is 0 Å². The Morgan fingerprint density at radius 1 is 1.17 bits per heavy atom. The van der Waals surface area contributed by atoms with Crippen LogP contribution < -0.4 is 15.4 Å². The molecule has 0 heterocycles. The molecule has 6 nitrogen and oxygen atoms in total. The van der Waals surface area contributed by atoms with Gasteiger partial charge in [0.1, 0.15) is 5.75 Å². The second kappa shape index (κ2) is 10.6. The topological polar surface area (TPSA) is 70.7 Å². The van der Waals surface area contributed by atoms with Crippen LogP contribution in [-0.4, -0.2) is 49.5 Å². The molecule has 0 aliphatic heterocycles. The first kappa shape index (κ1) is 20.0. The Morgan fingerprint density at radius 3 is 2.46 bits per heavy atom. The number of anilines is 1. The molecule has 0 spiro atoms. The molecule has 0 bridgehead atoms. The van der Waals surface area contributed by atoms with E-state index in [0.717, 1.165) is 12.8 Å². The third-order valence-corrected chi connectivity index (χ3v) is 3.69. The highest BCUT2D eigenvalue weighted by Crippen LogP contribution is 2.22. The molecule has 0 saturated carbocycles. The van der Waals surface area contributed by atoms with Gasteiger partial charge in [0.15, 0.2) is 0 Å². The molecule has 0 aliphatic carbocycles. The van der Waals surface area contributed by atoms with Gasteiger partial charge in [-0.05, 0) is 32.0 Å². The second-order valence-corrected chi connectivity index (χ2v) is 5.81. The summed E-state index contributed by atoms with van der Waals surface area (Å²) in [4.78, 5) is 26.1. The largest absolute Gasteiger partial charge is 0.495 e. The molecular weight excluding hydrogens is 306 g/mol. The minimum atomic E-state index is -0.171. The molecule has 0 saturated heterocycles. The smallest absolute Gasteiger partial charge is 0.238 e. The van der Waals surface area contributed by atoms with Crippen LogP contribution in [0.15, 0.2) is 24.3 Å². The lowest BCUT2D eigenvalue weighted by Crippen LogP contribution is -2.43. The number of likely N-dealkylation sites (N-methyl/N-ethyl adjacent to an activating group) is 1. The predicted octanol–water partition coefficient (Wildman–Crippen LogP) is 2.26. The molecule has 0 aliphatic rings. The lowest BCUT2D eigenvalue weighted by molar-refractivity contribution is -0.123. The van der Waals surface area contributed by atoms with Gasteiger partial charge in [-0.25, -0.2) is 0 Å². The van der Waals surface area contributed by atoms with Crippen LogP contribution in [-0.2, 0) is 9.59 Å². The number of hydrogen-bond donors (Lipinski definition) is 2. The number of ether oxygens (including phenoxy) is 1. The van der Waals surface area contributed by atoms with E-state index in [1.807, 2.05) is 26.0 Å². The zero-order chi connectivity index (χ0) is 17.9. The van der Waals surface area contributed by atoms with Gasteiger partial charge in [-0.3, -0.25) is 14.5 Å². The average molecular weight is 335 g/mol. The van der Waals surface area contributed by atoms with E-state index >= 15 is 0 Å². The Kier molecular flexibility index (Phi) is 8.86. The van der Waals surface area contributed by atoms with Crippen molar-refractivity contribution in [3.05, 3.63) is 24.3 Å². The molecule has 0 fully saturated rings. The molecule has 0 aromatic heterocycles. The van der Waals surface area contributed by atoms with E-state index in [-0.39, 0.29) is 30.9 Å². The fourth-order valence-electron chi connectivity index (χ4n) is 2.45. The number of benzene rings is 1. The molecule has 134 valence electrons. The maximum absolute atomic E-state index is 12.2. The lowest BCUT2D eigenvalue weighted by Gasteiger charge is -2.21. The first-order valence-electron chi connectivity index (χ1n) is 8.44. The van der Waals surface area contributed by atoms with Crippen molar-refractivity contribution in [3.8, 4) is 5.75 Å². The van der Waals surface area contributed by atoms with Gasteiger partial charge >= 0.3 is 0 Å². The monoisotopic (exact) mass is 335 g/mol. The number of hydrogen-bond acceptors (Lipinski definition) is 4. The van der Waals surface area contributed by atoms with Gasteiger partial charge in [0.25, 0.3) is 0 Å². The van der Waals surface area contributed by atoms with Crippen molar-refractivity contribution in [1.82, 2.24) is 10.2 Å². The van der Waals surface area contributed by atoms with Crippen LogP contribution in [0.4, 0.5) is 5.69 Å². The van der Waals surface area contributed by atoms with E-state index in [4.69, 9.17) is 4.74 Å². The summed E-state index contributed by atoms with van der Waals surface area (Å²) in [7, 11) is 1.56. The van der Waals surface area contributed by atoms with Gasteiger partial charge in [0.2, 0.25) is 11.8 Å². The SMILES string of the molecule is CCC[C@H](C)NC(=O)CN(CC)CC(=O)Nc1ccccc1OC. The molecule has 0 unspecified atom stereocenters. The molecule has 1 rings (SSSR count). The number of nitrogens with zero attached hydrogens (tertiary/aromatic N) is 1. The van der Waals surface area contributed by atoms with Crippen LogP contribution in [0, 0.1) is 0 Å². The second-order valence-electron chi connectivity index (χ2n) is 5.81. The van der Waals surface area contributed by atoms with Crippen molar-refractivity contribution >= 4 is 17.5 Å². The van der Waals surface area contributed by atoms with Crippen molar-refractivity contribution in [3.63, 3.8) is 0 Å². The zero-order valence-corrected chi connectivity index (χ0v) is 15.1. The minimum absolute atomic E-state index is 0.0529. The van der Waals surface area contributed by atoms with E-state index in [2.05, 4.69) is 17.6 Å². The van der Waals surface area contributed by atoms with Crippen LogP contribution >= 0.6 is 0 Å². The summed E-state index contributed by atoms with van der Waals surface area (Å²) in [6.07, 6.45) is 1.98. The number of carbonyl (C=O) groups is 2. The molecule has 2 N–H and O–H groups in total. The fraction of sp³-hybridized carbons (Fsp3) is 0.556. The van der Waals surface area contributed by atoms with Crippen LogP contribution in [0.2, 0.25) is 0 Å². The van der Waals surface area contributed by atoms with E-state index in [1.54, 1.807) is 24.1 Å². The molecule has 24 heavy (non-hydrogen) atoms. The highest BCUT2D eigenvalue weighted by Gasteiger charge is 2.15. The summed E-state index contributed by atoms with van der Waals surface area (Å²) >= 11 is 0. The van der Waals surface area contributed by atoms with Crippen molar-refractivity contribution < 1.29 is 14.3 Å². The van der Waals surface area contributed by atoms with Gasteiger partial charge in [-0.15, -0.1) is 0 Å². The third-order valence-electron chi connectivity index (χ3n) is 3.69. The molecule has 1 atom stereocenters. The molecule has 6 heteroatoms. The van der Waals surface area contributed by atoms with Crippen molar-refractivity contribution in [2.45, 2.75) is 39.7 Å². The summed E-state index contributed by atoms with van der Waals surface area (Å²) in [6, 6.07) is 7.40. The Labute approximate surface area is 144 Å². The average Bonchev–Trinajstić information content (AvgIpc) is 2.54. The molecule has 2 amide bonds. The summed E-state index contributed by atoms with van der Waals surface area (Å²) in [5.74, 6) is 0.388. The predicted molar refractivity (Wildman–Crippen MR) is 96.3 cm³/mol. The molecule has 1 aromatic rings. The third kappa shape index (κ3) is 7.00. The van der Waals surface area contributed by atoms with Gasteiger partial charge in [-0.2, -0.15) is 0 Å². The summed E-state index contributed by atoms with van der Waals surface area (Å²) < 4.78 is 5.22. The molecule has 1 aromatic carbocycles. The standard InChI is InChI=1S/C18H29N3O3/c1-5-9-14(3)19-17(22)12-21(6-2)13-18(23)20-15-10-7-8-11-16(15)24-4/h7-8,10-11,14H,5-6,9,12-13H2,1-4H3,(H,19,22)(H,20,23)/t14-/m0/s1. The highest BCUT2D eigenvalue weighted by molar-refractivity contribution is 5.94. The van der Waals surface area contributed by atoms with E-state index in [1.165, 1.54) is 0 Å². The number of nitrogens with one attached hydrogen (secondary N) is 2. The Hall–Kier alpha value is -2.08. The van der Waals surface area contributed by atoms with Crippen LogP contribution in [0.5, 0.6) is 5.75 Å². The van der Waals surface area contributed by atoms with Crippen molar-refractivity contribution in [1.29, 1.82) is 0 Å². The Morgan fingerprint density at radius 2 is 1.83 bits per heavy atom. The number of amides is 2. The van der Waals surface area contributed by atoms with Gasteiger partial charge < -0.3 is 15.4 Å². The summed E-state index contributed by atoms with van der Waals surface area (Å²) in [5, 5.41) is 5.78. The summed E-state index contributed by atoms with van der Waals surface area (Å²) in [5.41, 5.74) is 0.627. The first-order chi connectivity index (χ1) is 11.5. The van der Waals surface area contributed by atoms with Gasteiger partial charge in [0, 0.05) is 6.04 Å². The fourth-order valence-corrected chi connectivity index (χ4v) is 2.45. The molecule has 0 radical (unpaired) electrons. The number of para-hydroxylation sites is 2. The zero-order valence-electron chi connectivity index (χ0n) is 15.1.